The van der Waals surface area contributed by atoms with Crippen LogP contribution in [0.15, 0.2) is 207 Å². The molecule has 0 saturated carbocycles. The minimum absolute atomic E-state index is 0.715. The van der Waals surface area contributed by atoms with E-state index >= 15 is 0 Å². The van der Waals surface area contributed by atoms with Gasteiger partial charge < -0.3 is 33.3 Å². The Labute approximate surface area is 449 Å². The minimum atomic E-state index is 0.715. The maximum atomic E-state index is 5.58. The number of hydrogen-bond acceptors (Lipinski definition) is 10. The van der Waals surface area contributed by atoms with Gasteiger partial charge in [0.05, 0.1) is 45.5 Å². The molecule has 13 nitrogen and oxygen atoms in total. The molecule has 0 fully saturated rings. The number of fused-ring (bicyclic) bond motifs is 7. The summed E-state index contributed by atoms with van der Waals surface area (Å²) in [6, 6.07) is 66.4. The Bertz CT molecular complexity index is 4490. The Morgan fingerprint density at radius 2 is 0.667 bits per heavy atom. The second-order valence-electron chi connectivity index (χ2n) is 20.0. The number of anilines is 10. The van der Waals surface area contributed by atoms with Crippen LogP contribution >= 0.6 is 0 Å². The normalized spacial score (nSPS) is 12.8. The summed E-state index contributed by atoms with van der Waals surface area (Å²) in [5, 5.41) is 0. The van der Waals surface area contributed by atoms with Crippen LogP contribution < -0.4 is 19.6 Å². The van der Waals surface area contributed by atoms with Crippen molar-refractivity contribution in [2.24, 2.45) is 21.1 Å². The van der Waals surface area contributed by atoms with Crippen LogP contribution in [-0.2, 0) is 21.1 Å². The molecule has 0 unspecified atom stereocenters. The molecule has 6 aromatic heterocycles. The van der Waals surface area contributed by atoms with Gasteiger partial charge in [-0.25, -0.2) is 29.9 Å². The van der Waals surface area contributed by atoms with Gasteiger partial charge in [0, 0.05) is 87.5 Å². The largest absolute Gasteiger partial charge is 0.341 e. The summed E-state index contributed by atoms with van der Waals surface area (Å²) in [7, 11) is 10.5. The SMILES string of the molecule is CN1c2ccccc2N(c2cccc(-c3cc(-c4nc5cccnc5n4C)c(-c4cccc(N5c6ccccc6N(C)c6ccccc65)c4)c(-c4nc5cccnc5n4C)c3-c3nc4cccnc4n3C)c2)c2ccccc21. The third-order valence-corrected chi connectivity index (χ3v) is 15.6. The molecule has 2 aliphatic heterocycles. The van der Waals surface area contributed by atoms with Crippen LogP contribution in [0.4, 0.5) is 56.9 Å². The first-order chi connectivity index (χ1) is 38.3. The molecule has 0 N–H and O–H groups in total. The van der Waals surface area contributed by atoms with Crippen LogP contribution in [0.3, 0.4) is 0 Å². The van der Waals surface area contributed by atoms with E-state index in [1.54, 1.807) is 0 Å². The van der Waals surface area contributed by atoms with E-state index in [0.717, 1.165) is 141 Å². The molecule has 78 heavy (non-hydrogen) atoms. The zero-order chi connectivity index (χ0) is 52.3. The van der Waals surface area contributed by atoms with Crippen molar-refractivity contribution >= 4 is 90.4 Å². The predicted molar refractivity (Wildman–Crippen MR) is 315 cm³/mol. The second-order valence-corrected chi connectivity index (χ2v) is 20.0. The summed E-state index contributed by atoms with van der Waals surface area (Å²) in [5.41, 5.74) is 21.8. The first kappa shape index (κ1) is 45.0. The maximum absolute atomic E-state index is 5.58. The molecule has 13 heteroatoms. The highest BCUT2D eigenvalue weighted by molar-refractivity contribution is 6.08. The number of pyridine rings is 3. The van der Waals surface area contributed by atoms with Gasteiger partial charge in [0.2, 0.25) is 0 Å². The van der Waals surface area contributed by atoms with E-state index in [1.165, 1.54) is 0 Å². The monoisotopic (exact) mass is 1010 g/mol. The third kappa shape index (κ3) is 6.67. The van der Waals surface area contributed by atoms with Crippen molar-refractivity contribution in [2.75, 3.05) is 33.7 Å². The minimum Gasteiger partial charge on any atom is -0.341 e. The topological polar surface area (TPSA) is 105 Å². The average Bonchev–Trinajstić information content (AvgIpc) is 4.26. The maximum Gasteiger partial charge on any atom is 0.159 e. The molecular weight excluding hydrogens is 963 g/mol. The number of benzene rings is 7. The zero-order valence-corrected chi connectivity index (χ0v) is 43.4. The van der Waals surface area contributed by atoms with Gasteiger partial charge in [-0.05, 0) is 132 Å². The lowest BCUT2D eigenvalue weighted by atomic mass is 9.83. The number of hydrogen-bond donors (Lipinski definition) is 0. The fourth-order valence-electron chi connectivity index (χ4n) is 12.0. The Balaban J connectivity index is 1.09. The van der Waals surface area contributed by atoms with Crippen LogP contribution in [0.2, 0.25) is 0 Å². The molecule has 8 heterocycles. The van der Waals surface area contributed by atoms with E-state index in [1.807, 2.05) is 55.0 Å². The Morgan fingerprint density at radius 3 is 1.10 bits per heavy atom. The Hall–Kier alpha value is -10.4. The van der Waals surface area contributed by atoms with Gasteiger partial charge in [0.1, 0.15) is 34.0 Å². The molecule has 15 rings (SSSR count). The van der Waals surface area contributed by atoms with Gasteiger partial charge in [0.25, 0.3) is 0 Å². The molecule has 374 valence electrons. The van der Waals surface area contributed by atoms with E-state index in [4.69, 9.17) is 29.9 Å². The summed E-state index contributed by atoms with van der Waals surface area (Å²) in [5.74, 6) is 2.19. The molecule has 7 aromatic carbocycles. The summed E-state index contributed by atoms with van der Waals surface area (Å²) in [6.07, 6.45) is 5.49. The van der Waals surface area contributed by atoms with E-state index in [9.17, 15) is 0 Å². The van der Waals surface area contributed by atoms with E-state index in [2.05, 4.69) is 220 Å². The molecule has 13 aromatic rings. The lowest BCUT2D eigenvalue weighted by Crippen LogP contribution is -2.23. The summed E-state index contributed by atoms with van der Waals surface area (Å²) in [4.78, 5) is 40.7. The van der Waals surface area contributed by atoms with Crippen molar-refractivity contribution in [1.29, 1.82) is 0 Å². The lowest BCUT2D eigenvalue weighted by molar-refractivity contribution is 0.930. The molecule has 0 amide bonds. The third-order valence-electron chi connectivity index (χ3n) is 15.6. The van der Waals surface area contributed by atoms with Crippen molar-refractivity contribution in [3.8, 4) is 56.4 Å². The van der Waals surface area contributed by atoms with Gasteiger partial charge in [-0.1, -0.05) is 72.8 Å². The zero-order valence-electron chi connectivity index (χ0n) is 43.4. The molecule has 0 bridgehead atoms. The Kier molecular flexibility index (Phi) is 10.0. The molecular formula is C65H49N13. The number of aromatic nitrogens is 9. The van der Waals surface area contributed by atoms with Crippen LogP contribution in [0.1, 0.15) is 0 Å². The number of aryl methyl sites for hydroxylation is 3. The standard InChI is InChI=1S/C65H49N13/c1-72-49-26-6-10-30-53(49)77(54-31-11-7-27-50(54)72)42-21-14-19-40(37-42)44-39-45(60-69-46-23-16-34-66-61(46)74(60)3)57(41-20-15-22-43(38-41)78-55-32-12-8-28-51(55)73(2)52-29-9-13-33-56(52)78)59(65-71-48-25-18-36-68-63(48)76(65)5)58(44)64-70-47-24-17-35-67-62(47)75(64)4/h6-39H,1-5H3. The lowest BCUT2D eigenvalue weighted by Gasteiger charge is -2.38. The average molecular weight is 1010 g/mol. The van der Waals surface area contributed by atoms with Crippen molar-refractivity contribution in [3.63, 3.8) is 0 Å². The van der Waals surface area contributed by atoms with Crippen molar-refractivity contribution in [1.82, 2.24) is 43.6 Å². The van der Waals surface area contributed by atoms with Crippen LogP contribution in [0.25, 0.3) is 89.9 Å². The number of imidazole rings is 3. The van der Waals surface area contributed by atoms with Crippen LogP contribution in [-0.4, -0.2) is 57.7 Å². The van der Waals surface area contributed by atoms with Crippen LogP contribution in [0, 0.1) is 0 Å². The van der Waals surface area contributed by atoms with Crippen molar-refractivity contribution < 1.29 is 0 Å². The van der Waals surface area contributed by atoms with Gasteiger partial charge in [-0.15, -0.1) is 0 Å². The predicted octanol–water partition coefficient (Wildman–Crippen LogP) is 15.0. The molecule has 2 aliphatic rings. The summed E-state index contributed by atoms with van der Waals surface area (Å²) < 4.78 is 6.35. The van der Waals surface area contributed by atoms with Gasteiger partial charge in [-0.2, -0.15) is 0 Å². The first-order valence-corrected chi connectivity index (χ1v) is 26.0. The van der Waals surface area contributed by atoms with Crippen LogP contribution in [0.5, 0.6) is 0 Å². The fourth-order valence-corrected chi connectivity index (χ4v) is 12.0. The highest BCUT2D eigenvalue weighted by Crippen LogP contribution is 2.56. The van der Waals surface area contributed by atoms with Crippen molar-refractivity contribution in [2.45, 2.75) is 0 Å². The van der Waals surface area contributed by atoms with E-state index in [0.29, 0.717) is 5.82 Å². The highest BCUT2D eigenvalue weighted by atomic mass is 15.3. The molecule has 0 saturated heterocycles. The van der Waals surface area contributed by atoms with E-state index < -0.39 is 0 Å². The number of para-hydroxylation sites is 8. The van der Waals surface area contributed by atoms with E-state index in [-0.39, 0.29) is 0 Å². The number of rotatable bonds is 7. The molecule has 0 aliphatic carbocycles. The summed E-state index contributed by atoms with van der Waals surface area (Å²) >= 11 is 0. The number of nitrogens with zero attached hydrogens (tertiary/aromatic N) is 13. The second kappa shape index (κ2) is 17.3. The quantitative estimate of drug-likeness (QED) is 0.153. The first-order valence-electron chi connectivity index (χ1n) is 26.0. The molecule has 0 spiro atoms. The summed E-state index contributed by atoms with van der Waals surface area (Å²) in [6.45, 7) is 0. The van der Waals surface area contributed by atoms with Crippen molar-refractivity contribution in [3.05, 3.63) is 207 Å². The fraction of sp³-hybridized carbons (Fsp3) is 0.0769. The molecule has 0 atom stereocenters. The highest BCUT2D eigenvalue weighted by Gasteiger charge is 2.34. The van der Waals surface area contributed by atoms with Gasteiger partial charge in [-0.3, -0.25) is 0 Å². The Morgan fingerprint density at radius 1 is 0.295 bits per heavy atom. The van der Waals surface area contributed by atoms with Gasteiger partial charge in [0.15, 0.2) is 16.9 Å². The smallest absolute Gasteiger partial charge is 0.159 e. The van der Waals surface area contributed by atoms with Gasteiger partial charge >= 0.3 is 0 Å². The molecule has 0 radical (unpaired) electrons.